The van der Waals surface area contributed by atoms with Crippen LogP contribution in [0.25, 0.3) is 0 Å². The van der Waals surface area contributed by atoms with E-state index in [2.05, 4.69) is 19.2 Å². The lowest BCUT2D eigenvalue weighted by Crippen LogP contribution is -2.38. The van der Waals surface area contributed by atoms with Crippen molar-refractivity contribution in [2.75, 3.05) is 0 Å². The molecule has 0 aromatic carbocycles. The van der Waals surface area contributed by atoms with Gasteiger partial charge < -0.3 is 5.32 Å². The molecule has 0 aromatic rings. The van der Waals surface area contributed by atoms with Gasteiger partial charge in [0.05, 0.1) is 0 Å². The molecule has 0 unspecified atom stereocenters. The molecule has 18 heavy (non-hydrogen) atoms. The monoisotopic (exact) mass is 247 g/mol. The topological polar surface area (TPSA) is 46.2 Å². The van der Waals surface area contributed by atoms with Crippen LogP contribution in [-0.4, -0.2) is 11.6 Å². The van der Waals surface area contributed by atoms with Gasteiger partial charge in [0.25, 0.3) is 0 Å². The number of Topliss-reactive ketones (excluding diaryl/α,β-unsaturated/α-hetero) is 2. The van der Waals surface area contributed by atoms with Crippen LogP contribution in [0.15, 0.2) is 22.5 Å². The van der Waals surface area contributed by atoms with Gasteiger partial charge >= 0.3 is 0 Å². The Kier molecular flexibility index (Phi) is 2.96. The largest absolute Gasteiger partial charge is 0.362 e. The molecule has 1 N–H and O–H groups in total. The number of carbonyl (C=O) groups excluding carboxylic acids is 2. The molecule has 3 nitrogen and oxygen atoms in total. The van der Waals surface area contributed by atoms with Crippen LogP contribution < -0.4 is 5.32 Å². The maximum Gasteiger partial charge on any atom is 0.161 e. The molecule has 1 atom stereocenters. The predicted molar refractivity (Wildman–Crippen MR) is 70.7 cm³/mol. The quantitative estimate of drug-likeness (QED) is 0.775. The summed E-state index contributed by atoms with van der Waals surface area (Å²) < 4.78 is 0. The second-order valence-corrected chi connectivity index (χ2v) is 6.27. The highest BCUT2D eigenvalue weighted by atomic mass is 16.1. The average Bonchev–Trinajstić information content (AvgIpc) is 2.11. The molecule has 1 aliphatic heterocycles. The smallest absolute Gasteiger partial charge is 0.161 e. The Morgan fingerprint density at radius 3 is 2.50 bits per heavy atom. The summed E-state index contributed by atoms with van der Waals surface area (Å²) in [4.78, 5) is 24.0. The Hall–Kier alpha value is -1.38. The fraction of sp³-hybridized carbons (Fsp3) is 0.600. The van der Waals surface area contributed by atoms with Crippen LogP contribution in [0.2, 0.25) is 0 Å². The van der Waals surface area contributed by atoms with E-state index in [0.29, 0.717) is 6.42 Å². The SMILES string of the molecule is CC(=O)C1=C(C)NC2=C(C(=O)CC(C)(C)C2)[C@@H]1C. The lowest BCUT2D eigenvalue weighted by atomic mass is 9.70. The van der Waals surface area contributed by atoms with Crippen molar-refractivity contribution in [3.63, 3.8) is 0 Å². The van der Waals surface area contributed by atoms with E-state index in [-0.39, 0.29) is 22.9 Å². The number of dihydropyridines is 1. The van der Waals surface area contributed by atoms with Gasteiger partial charge in [-0.25, -0.2) is 0 Å². The van der Waals surface area contributed by atoms with Gasteiger partial charge in [-0.1, -0.05) is 20.8 Å². The summed E-state index contributed by atoms with van der Waals surface area (Å²) >= 11 is 0. The highest BCUT2D eigenvalue weighted by Gasteiger charge is 2.39. The molecule has 98 valence electrons. The summed E-state index contributed by atoms with van der Waals surface area (Å²) in [6.07, 6.45) is 1.45. The first-order chi connectivity index (χ1) is 8.23. The van der Waals surface area contributed by atoms with Gasteiger partial charge in [0, 0.05) is 34.9 Å². The number of carbonyl (C=O) groups is 2. The zero-order valence-corrected chi connectivity index (χ0v) is 11.8. The van der Waals surface area contributed by atoms with Crippen molar-refractivity contribution in [1.82, 2.24) is 5.32 Å². The van der Waals surface area contributed by atoms with E-state index in [1.807, 2.05) is 13.8 Å². The summed E-state index contributed by atoms with van der Waals surface area (Å²) in [6, 6.07) is 0. The Labute approximate surface area is 108 Å². The highest BCUT2D eigenvalue weighted by molar-refractivity contribution is 6.03. The molecule has 2 aliphatic rings. The maximum absolute atomic E-state index is 12.3. The Balaban J connectivity index is 2.46. The van der Waals surface area contributed by atoms with Gasteiger partial charge in [0.15, 0.2) is 11.6 Å². The van der Waals surface area contributed by atoms with Crippen LogP contribution in [-0.2, 0) is 9.59 Å². The summed E-state index contributed by atoms with van der Waals surface area (Å²) in [5.41, 5.74) is 3.51. The minimum absolute atomic E-state index is 0.0106. The Morgan fingerprint density at radius 2 is 1.94 bits per heavy atom. The van der Waals surface area contributed by atoms with Crippen LogP contribution >= 0.6 is 0 Å². The molecule has 0 aromatic heterocycles. The molecule has 1 heterocycles. The maximum atomic E-state index is 12.3. The first-order valence-corrected chi connectivity index (χ1v) is 6.48. The van der Waals surface area contributed by atoms with Crippen LogP contribution in [0.1, 0.15) is 47.5 Å². The molecule has 0 saturated heterocycles. The number of hydrogen-bond acceptors (Lipinski definition) is 3. The Bertz CT molecular complexity index is 495. The fourth-order valence-electron chi connectivity index (χ4n) is 3.28. The second kappa shape index (κ2) is 4.08. The van der Waals surface area contributed by atoms with E-state index in [0.717, 1.165) is 29.0 Å². The minimum Gasteiger partial charge on any atom is -0.362 e. The molecular formula is C15H21NO2. The van der Waals surface area contributed by atoms with E-state index < -0.39 is 0 Å². The van der Waals surface area contributed by atoms with Crippen molar-refractivity contribution in [3.8, 4) is 0 Å². The lowest BCUT2D eigenvalue weighted by Gasteiger charge is -2.38. The van der Waals surface area contributed by atoms with Crippen molar-refractivity contribution in [1.29, 1.82) is 0 Å². The molecule has 3 heteroatoms. The molecule has 0 saturated carbocycles. The molecule has 0 fully saturated rings. The van der Waals surface area contributed by atoms with Crippen LogP contribution in [0.5, 0.6) is 0 Å². The fourth-order valence-corrected chi connectivity index (χ4v) is 3.28. The van der Waals surface area contributed by atoms with E-state index in [9.17, 15) is 9.59 Å². The van der Waals surface area contributed by atoms with Gasteiger partial charge in [-0.15, -0.1) is 0 Å². The van der Waals surface area contributed by atoms with Crippen molar-refractivity contribution in [3.05, 3.63) is 22.5 Å². The summed E-state index contributed by atoms with van der Waals surface area (Å²) in [5, 5.41) is 3.28. The Morgan fingerprint density at radius 1 is 1.33 bits per heavy atom. The normalized spacial score (nSPS) is 26.9. The van der Waals surface area contributed by atoms with Crippen molar-refractivity contribution in [2.45, 2.75) is 47.5 Å². The molecule has 0 radical (unpaired) electrons. The predicted octanol–water partition coefficient (Wildman–Crippen LogP) is 2.73. The molecule has 0 bridgehead atoms. The number of nitrogens with one attached hydrogen (secondary N) is 1. The van der Waals surface area contributed by atoms with Crippen molar-refractivity contribution in [2.24, 2.45) is 11.3 Å². The molecule has 0 amide bonds. The third kappa shape index (κ3) is 2.02. The molecule has 2 rings (SSSR count). The van der Waals surface area contributed by atoms with Crippen molar-refractivity contribution >= 4 is 11.6 Å². The van der Waals surface area contributed by atoms with Gasteiger partial charge in [0.2, 0.25) is 0 Å². The van der Waals surface area contributed by atoms with Crippen LogP contribution in [0.4, 0.5) is 0 Å². The number of rotatable bonds is 1. The minimum atomic E-state index is -0.0673. The first-order valence-electron chi connectivity index (χ1n) is 6.48. The van der Waals surface area contributed by atoms with E-state index in [4.69, 9.17) is 0 Å². The summed E-state index contributed by atoms with van der Waals surface area (Å²) in [7, 11) is 0. The average molecular weight is 247 g/mol. The van der Waals surface area contributed by atoms with Gasteiger partial charge in [-0.3, -0.25) is 9.59 Å². The van der Waals surface area contributed by atoms with Gasteiger partial charge in [-0.2, -0.15) is 0 Å². The van der Waals surface area contributed by atoms with Crippen LogP contribution in [0.3, 0.4) is 0 Å². The van der Waals surface area contributed by atoms with E-state index in [1.54, 1.807) is 6.92 Å². The van der Waals surface area contributed by atoms with Gasteiger partial charge in [0.1, 0.15) is 0 Å². The first kappa shape index (κ1) is 13.1. The second-order valence-electron chi connectivity index (χ2n) is 6.27. The van der Waals surface area contributed by atoms with Crippen molar-refractivity contribution < 1.29 is 9.59 Å². The molecule has 0 spiro atoms. The third-order valence-electron chi connectivity index (χ3n) is 3.91. The number of ketones is 2. The van der Waals surface area contributed by atoms with Crippen LogP contribution in [0, 0.1) is 11.3 Å². The highest BCUT2D eigenvalue weighted by Crippen LogP contribution is 2.42. The van der Waals surface area contributed by atoms with Gasteiger partial charge in [-0.05, 0) is 25.7 Å². The lowest BCUT2D eigenvalue weighted by molar-refractivity contribution is -0.118. The zero-order chi connectivity index (χ0) is 13.7. The van der Waals surface area contributed by atoms with E-state index in [1.165, 1.54) is 0 Å². The summed E-state index contributed by atoms with van der Waals surface area (Å²) in [6.45, 7) is 9.68. The molecule has 1 aliphatic carbocycles. The zero-order valence-electron chi connectivity index (χ0n) is 11.8. The third-order valence-corrected chi connectivity index (χ3v) is 3.91. The molecular weight excluding hydrogens is 226 g/mol. The van der Waals surface area contributed by atoms with E-state index >= 15 is 0 Å². The number of hydrogen-bond donors (Lipinski definition) is 1. The standard InChI is InChI=1S/C15H21NO2/c1-8-13(10(3)17)9(2)16-11-6-15(4,5)7-12(18)14(8)11/h8,16H,6-7H2,1-5H3/t8-/m1/s1. The number of allylic oxidation sites excluding steroid dienone is 4. The summed E-state index contributed by atoms with van der Waals surface area (Å²) in [5.74, 6) is 0.173.